The SMILES string of the molecule is C=C(NCC(=O)NC)[C@H](CCCc1ccc(-c2ccccc2)cc1)CC(=O)O.C=CC=N/C=C\C.CC(C)C. The molecular weight excluding hydrogens is 486 g/mol. The van der Waals surface area contributed by atoms with Crippen molar-refractivity contribution in [2.75, 3.05) is 13.6 Å². The first-order valence-electron chi connectivity index (χ1n) is 13.4. The Kier molecular flexibility index (Phi) is 19.9. The van der Waals surface area contributed by atoms with Gasteiger partial charge in [-0.2, -0.15) is 0 Å². The maximum absolute atomic E-state index is 11.4. The number of allylic oxidation sites excluding steroid dienone is 3. The largest absolute Gasteiger partial charge is 0.481 e. The van der Waals surface area contributed by atoms with Gasteiger partial charge in [-0.1, -0.05) is 101 Å². The Morgan fingerprint density at radius 2 is 1.62 bits per heavy atom. The first-order chi connectivity index (χ1) is 18.6. The molecule has 3 N–H and O–H groups in total. The van der Waals surface area contributed by atoms with E-state index in [-0.39, 0.29) is 24.8 Å². The average Bonchev–Trinajstić information content (AvgIpc) is 2.92. The number of aliphatic imine (C=N–C) groups is 1. The third-order valence-corrected chi connectivity index (χ3v) is 5.17. The molecule has 0 saturated carbocycles. The zero-order chi connectivity index (χ0) is 29.5. The van der Waals surface area contributed by atoms with E-state index in [2.05, 4.69) is 86.0 Å². The molecule has 0 aliphatic heterocycles. The van der Waals surface area contributed by atoms with Crippen LogP contribution in [0.1, 0.15) is 52.5 Å². The van der Waals surface area contributed by atoms with E-state index in [1.807, 2.05) is 31.2 Å². The van der Waals surface area contributed by atoms with Crippen LogP contribution in [0.3, 0.4) is 0 Å². The molecular formula is C33H47N3O3. The normalized spacial score (nSPS) is 11.1. The van der Waals surface area contributed by atoms with Gasteiger partial charge in [-0.15, -0.1) is 0 Å². The Morgan fingerprint density at radius 3 is 2.13 bits per heavy atom. The maximum atomic E-state index is 11.4. The van der Waals surface area contributed by atoms with Crippen LogP contribution in [0.15, 0.2) is 96.8 Å². The van der Waals surface area contributed by atoms with Crippen LogP contribution in [0.4, 0.5) is 0 Å². The molecule has 0 aromatic heterocycles. The minimum Gasteiger partial charge on any atom is -0.481 e. The quantitative estimate of drug-likeness (QED) is 0.241. The second-order valence-electron chi connectivity index (χ2n) is 9.55. The summed E-state index contributed by atoms with van der Waals surface area (Å²) < 4.78 is 0. The fourth-order valence-electron chi connectivity index (χ4n) is 3.28. The fraction of sp³-hybridized carbons (Fsp3) is 0.364. The number of aryl methyl sites for hydroxylation is 1. The van der Waals surface area contributed by atoms with Gasteiger partial charge in [-0.3, -0.25) is 14.6 Å². The average molecular weight is 534 g/mol. The van der Waals surface area contributed by atoms with E-state index in [0.29, 0.717) is 12.1 Å². The first-order valence-corrected chi connectivity index (χ1v) is 13.4. The van der Waals surface area contributed by atoms with Crippen LogP contribution in [-0.4, -0.2) is 36.8 Å². The number of carbonyl (C=O) groups excluding carboxylic acids is 1. The number of carboxylic acids is 1. The van der Waals surface area contributed by atoms with Crippen LogP contribution < -0.4 is 10.6 Å². The molecule has 212 valence electrons. The first kappa shape index (κ1) is 35.1. The monoisotopic (exact) mass is 533 g/mol. The van der Waals surface area contributed by atoms with E-state index in [4.69, 9.17) is 5.11 Å². The Balaban J connectivity index is 0.00000111. The van der Waals surface area contributed by atoms with E-state index in [1.54, 1.807) is 25.5 Å². The molecule has 0 radical (unpaired) electrons. The van der Waals surface area contributed by atoms with Gasteiger partial charge in [0.1, 0.15) is 0 Å². The van der Waals surface area contributed by atoms with Gasteiger partial charge in [-0.25, -0.2) is 0 Å². The fourth-order valence-corrected chi connectivity index (χ4v) is 3.28. The molecule has 0 bridgehead atoms. The van der Waals surface area contributed by atoms with Crippen molar-refractivity contribution in [2.24, 2.45) is 16.8 Å². The molecule has 2 rings (SSSR count). The molecule has 0 spiro atoms. The summed E-state index contributed by atoms with van der Waals surface area (Å²) in [5.74, 6) is -0.389. The van der Waals surface area contributed by atoms with Crippen LogP contribution in [-0.2, 0) is 16.0 Å². The van der Waals surface area contributed by atoms with Crippen LogP contribution in [0.5, 0.6) is 0 Å². The smallest absolute Gasteiger partial charge is 0.304 e. The Morgan fingerprint density at radius 1 is 1.03 bits per heavy atom. The van der Waals surface area contributed by atoms with E-state index in [0.717, 1.165) is 18.8 Å². The zero-order valence-corrected chi connectivity index (χ0v) is 24.3. The number of rotatable bonds is 13. The lowest BCUT2D eigenvalue weighted by Crippen LogP contribution is -2.33. The highest BCUT2D eigenvalue weighted by Gasteiger charge is 2.17. The van der Waals surface area contributed by atoms with Crippen molar-refractivity contribution in [1.29, 1.82) is 0 Å². The highest BCUT2D eigenvalue weighted by Crippen LogP contribution is 2.22. The predicted molar refractivity (Wildman–Crippen MR) is 166 cm³/mol. The third-order valence-electron chi connectivity index (χ3n) is 5.17. The second-order valence-corrected chi connectivity index (χ2v) is 9.55. The van der Waals surface area contributed by atoms with Crippen LogP contribution in [0.2, 0.25) is 0 Å². The molecule has 0 aliphatic rings. The lowest BCUT2D eigenvalue weighted by atomic mass is 9.93. The van der Waals surface area contributed by atoms with Gasteiger partial charge in [0.25, 0.3) is 0 Å². The molecule has 0 saturated heterocycles. The molecule has 2 aromatic carbocycles. The summed E-state index contributed by atoms with van der Waals surface area (Å²) in [7, 11) is 1.56. The number of carbonyl (C=O) groups is 2. The number of nitrogens with zero attached hydrogens (tertiary/aromatic N) is 1. The van der Waals surface area contributed by atoms with Crippen molar-refractivity contribution in [1.82, 2.24) is 10.6 Å². The summed E-state index contributed by atoms with van der Waals surface area (Å²) in [5.41, 5.74) is 4.19. The van der Waals surface area contributed by atoms with Gasteiger partial charge in [0.2, 0.25) is 5.91 Å². The molecule has 6 heteroatoms. The van der Waals surface area contributed by atoms with Crippen molar-refractivity contribution < 1.29 is 14.7 Å². The van der Waals surface area contributed by atoms with Crippen LogP contribution in [0, 0.1) is 11.8 Å². The van der Waals surface area contributed by atoms with Gasteiger partial charge in [-0.05, 0) is 48.8 Å². The summed E-state index contributed by atoms with van der Waals surface area (Å²) in [4.78, 5) is 26.3. The number of amides is 1. The van der Waals surface area contributed by atoms with E-state index in [1.165, 1.54) is 16.7 Å². The summed E-state index contributed by atoms with van der Waals surface area (Å²) in [5, 5.41) is 14.6. The molecule has 2 aromatic rings. The number of aliphatic carboxylic acids is 1. The number of benzene rings is 2. The highest BCUT2D eigenvalue weighted by atomic mass is 16.4. The number of likely N-dealkylation sites (N-methyl/N-ethyl adjacent to an activating group) is 1. The topological polar surface area (TPSA) is 90.8 Å². The van der Waals surface area contributed by atoms with Crippen molar-refractivity contribution >= 4 is 18.1 Å². The van der Waals surface area contributed by atoms with Crippen molar-refractivity contribution in [3.05, 3.63) is 97.4 Å². The summed E-state index contributed by atoms with van der Waals surface area (Å²) in [6, 6.07) is 18.7. The third kappa shape index (κ3) is 18.9. The molecule has 1 amide bonds. The Labute approximate surface area is 235 Å². The van der Waals surface area contributed by atoms with Crippen molar-refractivity contribution in [3.63, 3.8) is 0 Å². The van der Waals surface area contributed by atoms with Gasteiger partial charge in [0.05, 0.1) is 13.0 Å². The maximum Gasteiger partial charge on any atom is 0.304 e. The molecule has 39 heavy (non-hydrogen) atoms. The Bertz CT molecular complexity index is 1020. The number of hydrogen-bond acceptors (Lipinski definition) is 4. The molecule has 1 atom stereocenters. The van der Waals surface area contributed by atoms with E-state index in [9.17, 15) is 9.59 Å². The van der Waals surface area contributed by atoms with Gasteiger partial charge < -0.3 is 15.7 Å². The standard InChI is InChI=1S/C23H28N2O3.C6H9N.C4H10/c1-17(25-16-22(26)24-2)21(15-23(27)28)10-6-7-18-11-13-20(14-12-18)19-8-4-3-5-9-19;1-3-5-7-6-4-2;1-4(2)3/h3-5,8-9,11-14,21,25H,1,6-7,10,15-16H2,2H3,(H,24,26)(H,27,28);3-6H,1H2,2H3;4H,1-3H3/b;6-4-,7-5?;/t21-;;/m1../s1. The molecule has 0 fully saturated rings. The van der Waals surface area contributed by atoms with Gasteiger partial charge in [0, 0.05) is 31.1 Å². The minimum absolute atomic E-state index is 0.00647. The van der Waals surface area contributed by atoms with Crippen molar-refractivity contribution in [3.8, 4) is 11.1 Å². The Hall–Kier alpha value is -3.93. The van der Waals surface area contributed by atoms with E-state index >= 15 is 0 Å². The minimum atomic E-state index is -0.861. The summed E-state index contributed by atoms with van der Waals surface area (Å²) in [6.45, 7) is 15.9. The molecule has 6 nitrogen and oxygen atoms in total. The summed E-state index contributed by atoms with van der Waals surface area (Å²) >= 11 is 0. The van der Waals surface area contributed by atoms with Gasteiger partial charge in [0.15, 0.2) is 0 Å². The number of carboxylic acid groups (broad SMARTS) is 1. The number of hydrogen-bond donors (Lipinski definition) is 3. The molecule has 0 unspecified atom stereocenters. The lowest BCUT2D eigenvalue weighted by molar-refractivity contribution is -0.137. The lowest BCUT2D eigenvalue weighted by Gasteiger charge is -2.19. The summed E-state index contributed by atoms with van der Waals surface area (Å²) in [6.07, 6.45) is 9.28. The van der Waals surface area contributed by atoms with Crippen LogP contribution >= 0.6 is 0 Å². The van der Waals surface area contributed by atoms with E-state index < -0.39 is 5.97 Å². The van der Waals surface area contributed by atoms with Crippen LogP contribution in [0.25, 0.3) is 11.1 Å². The highest BCUT2D eigenvalue weighted by molar-refractivity contribution is 5.77. The second kappa shape index (κ2) is 22.1. The predicted octanol–water partition coefficient (Wildman–Crippen LogP) is 7.06. The zero-order valence-electron chi connectivity index (χ0n) is 24.3. The molecule has 0 aliphatic carbocycles. The van der Waals surface area contributed by atoms with Gasteiger partial charge >= 0.3 is 5.97 Å². The number of nitrogens with one attached hydrogen (secondary N) is 2. The molecule has 0 heterocycles. The van der Waals surface area contributed by atoms with Crippen molar-refractivity contribution in [2.45, 2.75) is 53.4 Å².